The molecule has 0 radical (unpaired) electrons. The first-order valence-electron chi connectivity index (χ1n) is 7.85. The van der Waals surface area contributed by atoms with Crippen molar-refractivity contribution in [2.75, 3.05) is 0 Å². The molecule has 0 aliphatic heterocycles. The lowest BCUT2D eigenvalue weighted by molar-refractivity contribution is 0.282. The number of aromatic nitrogens is 3. The molecular weight excluding hydrogens is 314 g/mol. The first-order chi connectivity index (χ1) is 12.2. The highest BCUT2D eigenvalue weighted by atomic mass is 16.3. The summed E-state index contributed by atoms with van der Waals surface area (Å²) in [6.07, 6.45) is 3.49. The molecule has 2 N–H and O–H groups in total. The molecule has 2 aromatic heterocycles. The Balaban J connectivity index is 1.76. The van der Waals surface area contributed by atoms with Crippen molar-refractivity contribution in [1.82, 2.24) is 15.0 Å². The first kappa shape index (κ1) is 15.2. The zero-order valence-electron chi connectivity index (χ0n) is 13.3. The van der Waals surface area contributed by atoms with Crippen LogP contribution in [0.1, 0.15) is 5.56 Å². The molecule has 0 unspecified atom stereocenters. The molecule has 25 heavy (non-hydrogen) atoms. The summed E-state index contributed by atoms with van der Waals surface area (Å²) in [6.45, 7) is 0.0272. The maximum absolute atomic E-state index is 9.41. The number of aromatic hydroxyl groups is 1. The van der Waals surface area contributed by atoms with Crippen molar-refractivity contribution in [3.05, 3.63) is 72.6 Å². The van der Waals surface area contributed by atoms with Gasteiger partial charge in [-0.05, 0) is 41.5 Å². The van der Waals surface area contributed by atoms with Crippen LogP contribution in [0.3, 0.4) is 0 Å². The van der Waals surface area contributed by atoms with E-state index in [4.69, 9.17) is 5.11 Å². The Labute approximate surface area is 144 Å². The Bertz CT molecular complexity index is 1030. The summed E-state index contributed by atoms with van der Waals surface area (Å²) in [7, 11) is 0. The van der Waals surface area contributed by atoms with Gasteiger partial charge in [0.2, 0.25) is 0 Å². The molecule has 122 valence electrons. The molecule has 0 atom stereocenters. The molecule has 0 bridgehead atoms. The standard InChI is InChI=1S/C20H15N3O2/c24-12-13-1-3-14(4-2-13)16-9-18-19(21-10-16)11-22-20(23-18)15-5-7-17(25)8-6-15/h1-11,24-25H,12H2. The van der Waals surface area contributed by atoms with Gasteiger partial charge in [0.25, 0.3) is 0 Å². The van der Waals surface area contributed by atoms with Crippen LogP contribution in [-0.2, 0) is 6.61 Å². The largest absolute Gasteiger partial charge is 0.508 e. The van der Waals surface area contributed by atoms with Gasteiger partial charge in [0.1, 0.15) is 11.3 Å². The molecular formula is C20H15N3O2. The molecule has 0 saturated heterocycles. The van der Waals surface area contributed by atoms with Crippen molar-refractivity contribution >= 4 is 11.0 Å². The van der Waals surface area contributed by atoms with Crippen LogP contribution in [0.25, 0.3) is 33.5 Å². The highest BCUT2D eigenvalue weighted by Crippen LogP contribution is 2.24. The second kappa shape index (κ2) is 6.30. The van der Waals surface area contributed by atoms with Crippen molar-refractivity contribution in [3.63, 3.8) is 0 Å². The fraction of sp³-hybridized carbons (Fsp3) is 0.0500. The number of nitrogens with zero attached hydrogens (tertiary/aromatic N) is 3. The normalized spacial score (nSPS) is 10.9. The molecule has 4 rings (SSSR count). The van der Waals surface area contributed by atoms with E-state index in [-0.39, 0.29) is 12.4 Å². The van der Waals surface area contributed by atoms with Gasteiger partial charge in [0, 0.05) is 17.3 Å². The topological polar surface area (TPSA) is 79.1 Å². The van der Waals surface area contributed by atoms with E-state index in [9.17, 15) is 5.11 Å². The highest BCUT2D eigenvalue weighted by Gasteiger charge is 2.06. The number of aliphatic hydroxyl groups is 1. The van der Waals surface area contributed by atoms with Crippen LogP contribution in [0.2, 0.25) is 0 Å². The summed E-state index contributed by atoms with van der Waals surface area (Å²) in [5.74, 6) is 0.793. The van der Waals surface area contributed by atoms with Crippen molar-refractivity contribution in [1.29, 1.82) is 0 Å². The van der Waals surface area contributed by atoms with Crippen LogP contribution in [-0.4, -0.2) is 25.2 Å². The van der Waals surface area contributed by atoms with Crippen molar-refractivity contribution < 1.29 is 10.2 Å². The number of pyridine rings is 1. The maximum atomic E-state index is 9.41. The lowest BCUT2D eigenvalue weighted by atomic mass is 10.1. The Morgan fingerprint density at radius 2 is 1.44 bits per heavy atom. The zero-order chi connectivity index (χ0) is 17.2. The minimum absolute atomic E-state index is 0.0272. The van der Waals surface area contributed by atoms with Crippen molar-refractivity contribution in [2.45, 2.75) is 6.61 Å². The van der Waals surface area contributed by atoms with Crippen LogP contribution < -0.4 is 0 Å². The second-order valence-electron chi connectivity index (χ2n) is 5.72. The van der Waals surface area contributed by atoms with Crippen LogP contribution in [0.5, 0.6) is 5.75 Å². The van der Waals surface area contributed by atoms with Gasteiger partial charge in [-0.2, -0.15) is 0 Å². The van der Waals surface area contributed by atoms with Gasteiger partial charge in [0.05, 0.1) is 18.3 Å². The fourth-order valence-electron chi connectivity index (χ4n) is 2.63. The maximum Gasteiger partial charge on any atom is 0.159 e. The van der Waals surface area contributed by atoms with Crippen LogP contribution in [0.15, 0.2) is 67.0 Å². The smallest absolute Gasteiger partial charge is 0.159 e. The lowest BCUT2D eigenvalue weighted by Gasteiger charge is -2.06. The fourth-order valence-corrected chi connectivity index (χ4v) is 2.63. The molecule has 0 aliphatic carbocycles. The molecule has 4 aromatic rings. The predicted molar refractivity (Wildman–Crippen MR) is 95.8 cm³/mol. The number of hydrogen-bond acceptors (Lipinski definition) is 5. The summed E-state index contributed by atoms with van der Waals surface area (Å²) in [5.41, 5.74) is 5.13. The van der Waals surface area contributed by atoms with E-state index in [2.05, 4.69) is 15.0 Å². The quantitative estimate of drug-likeness (QED) is 0.601. The number of phenols is 1. The summed E-state index contributed by atoms with van der Waals surface area (Å²) < 4.78 is 0. The van der Waals surface area contributed by atoms with E-state index >= 15 is 0 Å². The average Bonchev–Trinajstić information content (AvgIpc) is 2.68. The van der Waals surface area contributed by atoms with E-state index in [1.807, 2.05) is 30.3 Å². The van der Waals surface area contributed by atoms with Crippen LogP contribution in [0, 0.1) is 0 Å². The van der Waals surface area contributed by atoms with Gasteiger partial charge in [-0.3, -0.25) is 4.98 Å². The van der Waals surface area contributed by atoms with Gasteiger partial charge in [-0.1, -0.05) is 24.3 Å². The third-order valence-electron chi connectivity index (χ3n) is 4.03. The first-order valence-corrected chi connectivity index (χ1v) is 7.85. The Morgan fingerprint density at radius 1 is 0.720 bits per heavy atom. The molecule has 5 heteroatoms. The summed E-state index contributed by atoms with van der Waals surface area (Å²) in [5, 5.41) is 18.6. The van der Waals surface area contributed by atoms with E-state index in [0.29, 0.717) is 5.82 Å². The van der Waals surface area contributed by atoms with Crippen molar-refractivity contribution in [2.24, 2.45) is 0 Å². The minimum atomic E-state index is 0.0272. The Hall–Kier alpha value is -3.31. The monoisotopic (exact) mass is 329 g/mol. The Morgan fingerprint density at radius 3 is 2.16 bits per heavy atom. The van der Waals surface area contributed by atoms with E-state index in [1.54, 1.807) is 36.7 Å². The van der Waals surface area contributed by atoms with Gasteiger partial charge < -0.3 is 10.2 Å². The van der Waals surface area contributed by atoms with Gasteiger partial charge in [0.15, 0.2) is 5.82 Å². The molecule has 0 fully saturated rings. The molecule has 5 nitrogen and oxygen atoms in total. The van der Waals surface area contributed by atoms with Crippen molar-refractivity contribution in [3.8, 4) is 28.3 Å². The average molecular weight is 329 g/mol. The van der Waals surface area contributed by atoms with Gasteiger partial charge in [-0.15, -0.1) is 0 Å². The number of fused-ring (bicyclic) bond motifs is 1. The lowest BCUT2D eigenvalue weighted by Crippen LogP contribution is -1.92. The van der Waals surface area contributed by atoms with Crippen LogP contribution >= 0.6 is 0 Å². The number of aliphatic hydroxyl groups excluding tert-OH is 1. The summed E-state index contributed by atoms with van der Waals surface area (Å²) >= 11 is 0. The number of phenolic OH excluding ortho intramolecular Hbond substituents is 1. The molecule has 2 heterocycles. The highest BCUT2D eigenvalue weighted by molar-refractivity contribution is 5.81. The minimum Gasteiger partial charge on any atom is -0.508 e. The number of benzene rings is 2. The third-order valence-corrected chi connectivity index (χ3v) is 4.03. The Kier molecular flexibility index (Phi) is 3.84. The van der Waals surface area contributed by atoms with Gasteiger partial charge >= 0.3 is 0 Å². The predicted octanol–water partition coefficient (Wildman–Crippen LogP) is 3.56. The molecule has 2 aromatic carbocycles. The van der Waals surface area contributed by atoms with E-state index < -0.39 is 0 Å². The summed E-state index contributed by atoms with van der Waals surface area (Å²) in [6, 6.07) is 16.4. The summed E-state index contributed by atoms with van der Waals surface area (Å²) in [4.78, 5) is 13.4. The number of rotatable bonds is 3. The third kappa shape index (κ3) is 3.05. The van der Waals surface area contributed by atoms with E-state index in [0.717, 1.165) is 33.3 Å². The van der Waals surface area contributed by atoms with Gasteiger partial charge in [-0.25, -0.2) is 9.97 Å². The van der Waals surface area contributed by atoms with Crippen LogP contribution in [0.4, 0.5) is 0 Å². The molecule has 0 aliphatic rings. The SMILES string of the molecule is OCc1ccc(-c2cnc3cnc(-c4ccc(O)cc4)nc3c2)cc1. The van der Waals surface area contributed by atoms with E-state index in [1.165, 1.54) is 0 Å². The molecule has 0 amide bonds. The molecule has 0 saturated carbocycles. The zero-order valence-corrected chi connectivity index (χ0v) is 13.3. The molecule has 0 spiro atoms. The number of hydrogen-bond donors (Lipinski definition) is 2. The second-order valence-corrected chi connectivity index (χ2v) is 5.72.